The summed E-state index contributed by atoms with van der Waals surface area (Å²) in [6.07, 6.45) is 3.18. The number of nitrogens with zero attached hydrogens (tertiary/aromatic N) is 5. The normalized spacial score (nSPS) is 17.2. The zero-order valence-electron chi connectivity index (χ0n) is 18.1. The molecule has 0 bridgehead atoms. The van der Waals surface area contributed by atoms with Crippen molar-refractivity contribution in [3.8, 4) is 0 Å². The van der Waals surface area contributed by atoms with Gasteiger partial charge in [-0.25, -0.2) is 4.98 Å². The van der Waals surface area contributed by atoms with Gasteiger partial charge in [0.05, 0.1) is 24.5 Å². The third kappa shape index (κ3) is 5.32. The van der Waals surface area contributed by atoms with Crippen LogP contribution in [0.2, 0.25) is 0 Å². The van der Waals surface area contributed by atoms with E-state index in [1.54, 1.807) is 29.3 Å². The molecule has 0 spiro atoms. The van der Waals surface area contributed by atoms with Crippen molar-refractivity contribution in [1.29, 1.82) is 0 Å². The SMILES string of the molecule is Nc1cccnc1N1CCN(C(=O)c2ccc(C(=O)NCCN3CCOCC3)cn2)CC1. The number of hydrogen-bond donors (Lipinski definition) is 2. The van der Waals surface area contributed by atoms with Crippen LogP contribution in [0, 0.1) is 0 Å². The largest absolute Gasteiger partial charge is 0.396 e. The van der Waals surface area contributed by atoms with E-state index >= 15 is 0 Å². The van der Waals surface area contributed by atoms with Crippen LogP contribution in [0.15, 0.2) is 36.7 Å². The molecule has 0 unspecified atom stereocenters. The van der Waals surface area contributed by atoms with Gasteiger partial charge in [0.2, 0.25) is 0 Å². The highest BCUT2D eigenvalue weighted by atomic mass is 16.5. The average Bonchev–Trinajstić information content (AvgIpc) is 2.85. The number of amides is 2. The summed E-state index contributed by atoms with van der Waals surface area (Å²) in [5, 5.41) is 2.90. The van der Waals surface area contributed by atoms with Crippen molar-refractivity contribution in [1.82, 2.24) is 25.1 Å². The molecule has 4 heterocycles. The molecule has 3 N–H and O–H groups in total. The van der Waals surface area contributed by atoms with Crippen LogP contribution in [-0.2, 0) is 4.74 Å². The molecule has 170 valence electrons. The summed E-state index contributed by atoms with van der Waals surface area (Å²) in [4.78, 5) is 39.9. The topological polar surface area (TPSA) is 117 Å². The highest BCUT2D eigenvalue weighted by Crippen LogP contribution is 2.21. The van der Waals surface area contributed by atoms with E-state index < -0.39 is 0 Å². The number of rotatable bonds is 6. The summed E-state index contributed by atoms with van der Waals surface area (Å²) < 4.78 is 5.32. The van der Waals surface area contributed by atoms with Gasteiger partial charge in [0, 0.05) is 64.8 Å². The summed E-state index contributed by atoms with van der Waals surface area (Å²) >= 11 is 0. The number of carbonyl (C=O) groups is 2. The fraction of sp³-hybridized carbons (Fsp3) is 0.455. The van der Waals surface area contributed by atoms with Crippen LogP contribution in [0.4, 0.5) is 11.5 Å². The number of nitrogens with one attached hydrogen (secondary N) is 1. The molecule has 2 aromatic rings. The van der Waals surface area contributed by atoms with Crippen LogP contribution >= 0.6 is 0 Å². The lowest BCUT2D eigenvalue weighted by molar-refractivity contribution is 0.0383. The second kappa shape index (κ2) is 10.4. The third-order valence-electron chi connectivity index (χ3n) is 5.75. The van der Waals surface area contributed by atoms with Gasteiger partial charge < -0.3 is 25.6 Å². The monoisotopic (exact) mass is 439 g/mol. The van der Waals surface area contributed by atoms with E-state index in [1.807, 2.05) is 6.07 Å². The Morgan fingerprint density at radius 1 is 1.03 bits per heavy atom. The van der Waals surface area contributed by atoms with Crippen molar-refractivity contribution in [2.45, 2.75) is 0 Å². The fourth-order valence-electron chi connectivity index (χ4n) is 3.87. The minimum absolute atomic E-state index is 0.141. The van der Waals surface area contributed by atoms with E-state index in [1.165, 1.54) is 6.20 Å². The molecule has 0 atom stereocenters. The number of hydrogen-bond acceptors (Lipinski definition) is 8. The zero-order valence-corrected chi connectivity index (χ0v) is 18.1. The first-order chi connectivity index (χ1) is 15.6. The molecule has 2 amide bonds. The van der Waals surface area contributed by atoms with Crippen molar-refractivity contribution in [3.05, 3.63) is 47.9 Å². The van der Waals surface area contributed by atoms with Gasteiger partial charge in [0.15, 0.2) is 5.82 Å². The van der Waals surface area contributed by atoms with Crippen molar-refractivity contribution >= 4 is 23.3 Å². The van der Waals surface area contributed by atoms with E-state index in [2.05, 4.69) is 25.1 Å². The Hall–Kier alpha value is -3.24. The molecule has 0 aromatic carbocycles. The molecule has 0 radical (unpaired) electrons. The molecule has 10 heteroatoms. The van der Waals surface area contributed by atoms with Gasteiger partial charge in [-0.2, -0.15) is 0 Å². The highest BCUT2D eigenvalue weighted by Gasteiger charge is 2.24. The fourth-order valence-corrected chi connectivity index (χ4v) is 3.87. The Morgan fingerprint density at radius 3 is 2.50 bits per heavy atom. The van der Waals surface area contributed by atoms with Crippen LogP contribution < -0.4 is 16.0 Å². The quantitative estimate of drug-likeness (QED) is 0.650. The number of nitrogen functional groups attached to an aromatic ring is 1. The van der Waals surface area contributed by atoms with Gasteiger partial charge in [0.1, 0.15) is 5.69 Å². The summed E-state index contributed by atoms with van der Waals surface area (Å²) in [6.45, 7) is 7.00. The molecule has 32 heavy (non-hydrogen) atoms. The first-order valence-corrected chi connectivity index (χ1v) is 10.9. The van der Waals surface area contributed by atoms with E-state index in [0.29, 0.717) is 49.7 Å². The number of nitrogens with two attached hydrogens (primary N) is 1. The van der Waals surface area contributed by atoms with Gasteiger partial charge in [-0.3, -0.25) is 19.5 Å². The summed E-state index contributed by atoms with van der Waals surface area (Å²) in [5.41, 5.74) is 7.42. The zero-order chi connectivity index (χ0) is 22.3. The van der Waals surface area contributed by atoms with Crippen molar-refractivity contribution in [2.75, 3.05) is 76.2 Å². The lowest BCUT2D eigenvalue weighted by atomic mass is 10.2. The van der Waals surface area contributed by atoms with Gasteiger partial charge in [0.25, 0.3) is 11.8 Å². The van der Waals surface area contributed by atoms with Crippen LogP contribution in [0.25, 0.3) is 0 Å². The third-order valence-corrected chi connectivity index (χ3v) is 5.75. The van der Waals surface area contributed by atoms with Crippen molar-refractivity contribution in [2.24, 2.45) is 0 Å². The van der Waals surface area contributed by atoms with Crippen LogP contribution in [0.3, 0.4) is 0 Å². The number of anilines is 2. The van der Waals surface area contributed by atoms with E-state index in [0.717, 1.165) is 38.7 Å². The predicted octanol–water partition coefficient (Wildman–Crippen LogP) is 0.0832. The van der Waals surface area contributed by atoms with Gasteiger partial charge in [-0.1, -0.05) is 0 Å². The molecular weight excluding hydrogens is 410 g/mol. The standard InChI is InChI=1S/C22H29N7O3/c23-18-2-1-5-24-20(18)28-8-10-29(11-9-28)22(31)19-4-3-17(16-26-19)21(30)25-6-7-27-12-14-32-15-13-27/h1-5,16H,6-15,23H2,(H,25,30). The maximum atomic E-state index is 12.8. The van der Waals surface area contributed by atoms with Crippen molar-refractivity contribution < 1.29 is 14.3 Å². The maximum Gasteiger partial charge on any atom is 0.272 e. The van der Waals surface area contributed by atoms with Crippen LogP contribution in [0.5, 0.6) is 0 Å². The molecular formula is C22H29N7O3. The van der Waals surface area contributed by atoms with Gasteiger partial charge in [-0.05, 0) is 24.3 Å². The minimum atomic E-state index is -0.189. The Bertz CT molecular complexity index is 923. The lowest BCUT2D eigenvalue weighted by Gasteiger charge is -2.35. The summed E-state index contributed by atoms with van der Waals surface area (Å²) in [5.74, 6) is 0.422. The van der Waals surface area contributed by atoms with Crippen LogP contribution in [0.1, 0.15) is 20.8 Å². The lowest BCUT2D eigenvalue weighted by Crippen LogP contribution is -2.49. The minimum Gasteiger partial charge on any atom is -0.396 e. The summed E-state index contributed by atoms with van der Waals surface area (Å²) in [7, 11) is 0. The molecule has 4 rings (SSSR count). The molecule has 0 saturated carbocycles. The second-order valence-corrected chi connectivity index (χ2v) is 7.84. The molecule has 2 saturated heterocycles. The number of morpholine rings is 1. The Morgan fingerprint density at radius 2 is 1.81 bits per heavy atom. The molecule has 2 aliphatic rings. The van der Waals surface area contributed by atoms with E-state index in [4.69, 9.17) is 10.5 Å². The maximum absolute atomic E-state index is 12.8. The van der Waals surface area contributed by atoms with Gasteiger partial charge >= 0.3 is 0 Å². The Balaban J connectivity index is 1.26. The second-order valence-electron chi connectivity index (χ2n) is 7.84. The summed E-state index contributed by atoms with van der Waals surface area (Å²) in [6, 6.07) is 6.89. The number of carbonyl (C=O) groups excluding carboxylic acids is 2. The van der Waals surface area contributed by atoms with Crippen molar-refractivity contribution in [3.63, 3.8) is 0 Å². The first-order valence-electron chi connectivity index (χ1n) is 10.9. The number of aromatic nitrogens is 2. The van der Waals surface area contributed by atoms with E-state index in [-0.39, 0.29) is 11.8 Å². The number of piperazine rings is 1. The smallest absolute Gasteiger partial charge is 0.272 e. The number of pyridine rings is 2. The first kappa shape index (κ1) is 22.0. The molecule has 2 fully saturated rings. The molecule has 2 aromatic heterocycles. The van der Waals surface area contributed by atoms with Gasteiger partial charge in [-0.15, -0.1) is 0 Å². The molecule has 10 nitrogen and oxygen atoms in total. The van der Waals surface area contributed by atoms with Crippen LogP contribution in [-0.4, -0.2) is 97.2 Å². The molecule has 2 aliphatic heterocycles. The van der Waals surface area contributed by atoms with E-state index in [9.17, 15) is 9.59 Å². The predicted molar refractivity (Wildman–Crippen MR) is 121 cm³/mol. The highest BCUT2D eigenvalue weighted by molar-refractivity contribution is 5.96. The Labute approximate surface area is 187 Å². The molecule has 0 aliphatic carbocycles. The average molecular weight is 440 g/mol. The number of ether oxygens (including phenoxy) is 1. The Kier molecular flexibility index (Phi) is 7.13.